The van der Waals surface area contributed by atoms with Crippen molar-refractivity contribution in [2.45, 2.75) is 70.2 Å². The van der Waals surface area contributed by atoms with E-state index in [0.29, 0.717) is 18.8 Å². The number of carbonyl (C=O) groups excluding carboxylic acids is 1. The second-order valence-electron chi connectivity index (χ2n) is 7.88. The number of amides is 1. The molecule has 4 fully saturated rings. The molecule has 2 heterocycles. The number of nitrogens with zero attached hydrogens (tertiary/aromatic N) is 1. The van der Waals surface area contributed by atoms with Gasteiger partial charge in [-0.2, -0.15) is 0 Å². The fourth-order valence-electron chi connectivity index (χ4n) is 3.75. The molecule has 4 rings (SSSR count). The van der Waals surface area contributed by atoms with E-state index in [1.165, 1.54) is 4.90 Å². The number of rotatable bonds is 2. The molecular formula is C17H25NO5. The summed E-state index contributed by atoms with van der Waals surface area (Å²) in [6, 6.07) is -1.39. The average molecular weight is 323 g/mol. The number of hydrogen-bond donors (Lipinski definition) is 2. The third kappa shape index (κ3) is 3.09. The Labute approximate surface area is 136 Å². The number of allylic oxidation sites excluding steroid dienone is 1. The molecule has 2 aliphatic carbocycles. The van der Waals surface area contributed by atoms with Gasteiger partial charge in [-0.25, -0.2) is 9.59 Å². The van der Waals surface area contributed by atoms with Gasteiger partial charge in [0.25, 0.3) is 0 Å². The van der Waals surface area contributed by atoms with Gasteiger partial charge < -0.3 is 14.9 Å². The third-order valence-electron chi connectivity index (χ3n) is 4.85. The molecule has 6 nitrogen and oxygen atoms in total. The predicted octanol–water partition coefficient (Wildman–Crippen LogP) is 2.17. The number of carboxylic acid groups (broad SMARTS) is 1. The van der Waals surface area contributed by atoms with Crippen molar-refractivity contribution in [2.24, 2.45) is 11.8 Å². The highest BCUT2D eigenvalue weighted by molar-refractivity contribution is 5.82. The Bertz CT molecular complexity index is 546. The summed E-state index contributed by atoms with van der Waals surface area (Å²) in [7, 11) is 0. The molecule has 2 bridgehead atoms. The van der Waals surface area contributed by atoms with Gasteiger partial charge in [0.15, 0.2) is 0 Å². The number of aliphatic hydroxyl groups is 1. The van der Waals surface area contributed by atoms with Gasteiger partial charge in [-0.15, -0.1) is 0 Å². The highest BCUT2D eigenvalue weighted by atomic mass is 16.6. The molecule has 0 aromatic carbocycles. The van der Waals surface area contributed by atoms with Crippen LogP contribution >= 0.6 is 0 Å². The summed E-state index contributed by atoms with van der Waals surface area (Å²) in [6.45, 7) is 5.29. The summed E-state index contributed by atoms with van der Waals surface area (Å²) in [5, 5.41) is 20.2. The van der Waals surface area contributed by atoms with Crippen molar-refractivity contribution >= 4 is 12.1 Å². The molecular weight excluding hydrogens is 298 g/mol. The van der Waals surface area contributed by atoms with Crippen LogP contribution in [0.4, 0.5) is 4.79 Å². The number of fused-ring (bicyclic) bond motifs is 3. The van der Waals surface area contributed by atoms with Crippen LogP contribution in [-0.4, -0.2) is 51.0 Å². The summed E-state index contributed by atoms with van der Waals surface area (Å²) in [5.41, 5.74) is 0.127. The average Bonchev–Trinajstić information content (AvgIpc) is 3.23. The van der Waals surface area contributed by atoms with Crippen LogP contribution in [0.5, 0.6) is 0 Å². The van der Waals surface area contributed by atoms with Gasteiger partial charge >= 0.3 is 12.1 Å². The first-order valence-electron chi connectivity index (χ1n) is 8.33. The molecule has 2 saturated heterocycles. The van der Waals surface area contributed by atoms with Crippen molar-refractivity contribution in [1.29, 1.82) is 0 Å². The molecule has 0 unspecified atom stereocenters. The van der Waals surface area contributed by atoms with Gasteiger partial charge in [-0.1, -0.05) is 6.08 Å². The van der Waals surface area contributed by atoms with E-state index in [1.807, 2.05) is 0 Å². The monoisotopic (exact) mass is 323 g/mol. The van der Waals surface area contributed by atoms with Crippen molar-refractivity contribution in [3.63, 3.8) is 0 Å². The minimum absolute atomic E-state index is 0.369. The Morgan fingerprint density at radius 1 is 1.22 bits per heavy atom. The second kappa shape index (κ2) is 5.51. The number of carbonyl (C=O) groups is 2. The van der Waals surface area contributed by atoms with E-state index in [1.54, 1.807) is 20.8 Å². The molecule has 4 atom stereocenters. The Hall–Kier alpha value is -1.56. The molecule has 23 heavy (non-hydrogen) atoms. The molecule has 0 aromatic heterocycles. The van der Waals surface area contributed by atoms with E-state index in [-0.39, 0.29) is 6.04 Å². The van der Waals surface area contributed by atoms with E-state index in [0.717, 1.165) is 18.4 Å². The number of aliphatic carboxylic acids is 1. The Kier molecular flexibility index (Phi) is 3.91. The Balaban J connectivity index is 1.93. The molecule has 2 aliphatic heterocycles. The molecule has 6 heteroatoms. The summed E-state index contributed by atoms with van der Waals surface area (Å²) >= 11 is 0. The number of carboxylic acids is 1. The van der Waals surface area contributed by atoms with E-state index in [4.69, 9.17) is 4.74 Å². The second-order valence-corrected chi connectivity index (χ2v) is 7.88. The van der Waals surface area contributed by atoms with Gasteiger partial charge in [0.2, 0.25) is 0 Å². The first kappa shape index (κ1) is 16.3. The first-order valence-corrected chi connectivity index (χ1v) is 8.33. The summed E-state index contributed by atoms with van der Waals surface area (Å²) < 4.78 is 5.43. The van der Waals surface area contributed by atoms with Crippen LogP contribution in [-0.2, 0) is 9.53 Å². The van der Waals surface area contributed by atoms with Crippen LogP contribution < -0.4 is 0 Å². The number of hydrogen-bond acceptors (Lipinski definition) is 4. The normalized spacial score (nSPS) is 35.5. The fraction of sp³-hybridized carbons (Fsp3) is 0.765. The lowest BCUT2D eigenvalue weighted by Gasteiger charge is -2.52. The van der Waals surface area contributed by atoms with Gasteiger partial charge in [0.05, 0.1) is 12.1 Å². The maximum absolute atomic E-state index is 12.6. The minimum Gasteiger partial charge on any atom is -0.480 e. The maximum atomic E-state index is 12.6. The molecule has 128 valence electrons. The van der Waals surface area contributed by atoms with Gasteiger partial charge in [-0.3, -0.25) is 4.90 Å². The van der Waals surface area contributed by atoms with Crippen LogP contribution in [0, 0.1) is 11.8 Å². The molecule has 0 spiro atoms. The van der Waals surface area contributed by atoms with E-state index >= 15 is 0 Å². The van der Waals surface area contributed by atoms with Crippen LogP contribution in [0.15, 0.2) is 11.6 Å². The Morgan fingerprint density at radius 2 is 1.87 bits per heavy atom. The summed E-state index contributed by atoms with van der Waals surface area (Å²) in [4.78, 5) is 25.7. The number of ether oxygens (including phenoxy) is 1. The molecule has 4 aliphatic rings. The SMILES string of the molecule is CC(C)(C)OC(=O)N1[C@H](C(=O)O)[C@@H]2CC[C@H]1/C(=C\C1CC1)[C@@H]2O. The van der Waals surface area contributed by atoms with Gasteiger partial charge in [0.1, 0.15) is 11.6 Å². The van der Waals surface area contributed by atoms with Crippen LogP contribution in [0.3, 0.4) is 0 Å². The lowest BCUT2D eigenvalue weighted by Crippen LogP contribution is -2.66. The Morgan fingerprint density at radius 3 is 2.39 bits per heavy atom. The molecule has 0 aromatic rings. The number of piperidine rings is 2. The zero-order chi connectivity index (χ0) is 16.9. The summed E-state index contributed by atoms with van der Waals surface area (Å²) in [6.07, 6.45) is 4.18. The van der Waals surface area contributed by atoms with Crippen molar-refractivity contribution in [3.05, 3.63) is 11.6 Å². The quantitative estimate of drug-likeness (QED) is 0.761. The first-order chi connectivity index (χ1) is 10.7. The zero-order valence-electron chi connectivity index (χ0n) is 13.9. The maximum Gasteiger partial charge on any atom is 0.411 e. The number of aliphatic hydroxyl groups excluding tert-OH is 1. The standard InChI is InChI=1S/C17H25NO5/c1-17(2,3)23-16(22)18-12-7-6-10(13(18)15(20)21)14(19)11(12)8-9-4-5-9/h8-10,12-14,19H,4-7H2,1-3H3,(H,20,21)/b11-8+/t10-,12-,13-,14+/m0/s1. The summed E-state index contributed by atoms with van der Waals surface area (Å²) in [5.74, 6) is -1.08. The van der Waals surface area contributed by atoms with Crippen LogP contribution in [0.1, 0.15) is 46.5 Å². The van der Waals surface area contributed by atoms with E-state index in [9.17, 15) is 19.8 Å². The zero-order valence-corrected chi connectivity index (χ0v) is 13.9. The highest BCUT2D eigenvalue weighted by Gasteiger charge is 2.55. The molecule has 0 radical (unpaired) electrons. The van der Waals surface area contributed by atoms with Crippen molar-refractivity contribution < 1.29 is 24.5 Å². The van der Waals surface area contributed by atoms with E-state index in [2.05, 4.69) is 6.08 Å². The predicted molar refractivity (Wildman–Crippen MR) is 82.8 cm³/mol. The molecule has 1 amide bonds. The fourth-order valence-corrected chi connectivity index (χ4v) is 3.75. The van der Waals surface area contributed by atoms with Gasteiger partial charge in [0, 0.05) is 5.92 Å². The largest absolute Gasteiger partial charge is 0.480 e. The minimum atomic E-state index is -1.07. The molecule has 2 saturated carbocycles. The van der Waals surface area contributed by atoms with Gasteiger partial charge in [-0.05, 0) is 57.9 Å². The highest BCUT2D eigenvalue weighted by Crippen LogP contribution is 2.45. The van der Waals surface area contributed by atoms with E-state index < -0.39 is 35.7 Å². The van der Waals surface area contributed by atoms with Crippen molar-refractivity contribution in [2.75, 3.05) is 0 Å². The lowest BCUT2D eigenvalue weighted by molar-refractivity contribution is -0.154. The lowest BCUT2D eigenvalue weighted by atomic mass is 9.69. The third-order valence-corrected chi connectivity index (χ3v) is 4.85. The van der Waals surface area contributed by atoms with Crippen LogP contribution in [0.25, 0.3) is 0 Å². The smallest absolute Gasteiger partial charge is 0.411 e. The van der Waals surface area contributed by atoms with Crippen molar-refractivity contribution in [1.82, 2.24) is 4.90 Å². The topological polar surface area (TPSA) is 87.1 Å². The van der Waals surface area contributed by atoms with Crippen molar-refractivity contribution in [3.8, 4) is 0 Å². The molecule has 2 N–H and O–H groups in total. The van der Waals surface area contributed by atoms with Crippen LogP contribution in [0.2, 0.25) is 0 Å².